The van der Waals surface area contributed by atoms with Crippen LogP contribution < -0.4 is 11.5 Å². The number of aliphatic hydroxyl groups is 12. The Hall–Kier alpha value is -11.8. The van der Waals surface area contributed by atoms with E-state index in [1.165, 1.54) is 106 Å². The molecule has 0 unspecified atom stereocenters. The Morgan fingerprint density at radius 3 is 0.947 bits per heavy atom. The maximum atomic E-state index is 14.1. The van der Waals surface area contributed by atoms with Gasteiger partial charge >= 0.3 is 0 Å². The number of carbonyl (C=O) groups excluding carboxylic acids is 9. The average molecular weight is 1550 g/mol. The first-order valence-corrected chi connectivity index (χ1v) is 35.6. The number of primary amides is 2. The van der Waals surface area contributed by atoms with Gasteiger partial charge in [0.25, 0.3) is 11.8 Å². The molecule has 0 aliphatic heterocycles. The molecule has 3 fully saturated rings. The highest BCUT2D eigenvalue weighted by molar-refractivity contribution is 6.27. The first-order chi connectivity index (χ1) is 53.1. The number of nitrogens with zero attached hydrogens (tertiary/aromatic N) is 3. The normalized spacial score (nSPS) is 30.9. The molecule has 0 radical (unpaired) electrons. The van der Waals surface area contributed by atoms with E-state index < -0.39 is 233 Å². The Bertz CT molecular complexity index is 5150. The molecule has 0 saturated heterocycles. The molecule has 9 aliphatic rings. The number of amides is 2. The van der Waals surface area contributed by atoms with Crippen molar-refractivity contribution in [2.75, 3.05) is 42.3 Å². The van der Waals surface area contributed by atoms with Crippen molar-refractivity contribution in [3.05, 3.63) is 246 Å². The summed E-state index contributed by atoms with van der Waals surface area (Å²) in [6, 6.07) is 30.6. The SMILES string of the molecule is CC(=O)C1=C(O)[C@@]2(O)C(=O)C3=C(O)c4c(O)cccc4[C@H](c4ccc(F)cc4)[C@H]3[C@H](O)[C@H]2[C@H](N(C)C)C1=O.CN(C)[C@@H]1C(=O)C(C(N)=O)=C(O)[C@@]2(O)C(=O)C3=C(O)c4c(O)cccc4[C@H](c4ccccc4)[C@H]3[C@H](O)[C@@H]12.Cc1ccc([C@H]2c3cccc(O)c3C(O)=C3C(=O)[C@]4(O)C(O)=C(C(N)=O)C(=O)[C@@H](N(C)C)[C@@H]4[C@@H](O)[C@@H]32)cc1. The molecule has 0 spiro atoms. The molecule has 0 heterocycles. The fourth-order valence-electron chi connectivity index (χ4n) is 19.2. The average Bonchev–Trinajstić information content (AvgIpc) is 0.695. The molecule has 6 aromatic rings. The van der Waals surface area contributed by atoms with Crippen molar-refractivity contribution >= 4 is 69.6 Å². The first-order valence-electron chi connectivity index (χ1n) is 35.6. The van der Waals surface area contributed by atoms with Crippen LogP contribution in [-0.4, -0.2) is 239 Å². The quantitative estimate of drug-likeness (QED) is 0.0925. The number of aromatic hydroxyl groups is 3. The summed E-state index contributed by atoms with van der Waals surface area (Å²) < 4.78 is 13.8. The van der Waals surface area contributed by atoms with E-state index >= 15 is 0 Å². The van der Waals surface area contributed by atoms with E-state index in [0.29, 0.717) is 33.4 Å². The third-order valence-corrected chi connectivity index (χ3v) is 23.9. The minimum Gasteiger partial charge on any atom is -0.508 e. The van der Waals surface area contributed by atoms with Crippen LogP contribution in [0.1, 0.15) is 80.3 Å². The second-order valence-corrected chi connectivity index (χ2v) is 30.5. The van der Waals surface area contributed by atoms with Crippen LogP contribution in [0, 0.1) is 48.2 Å². The number of ketones is 7. The molecule has 18 atom stereocenters. The van der Waals surface area contributed by atoms with Gasteiger partial charge in [-0.05, 0) is 120 Å². The third-order valence-electron chi connectivity index (χ3n) is 23.9. The summed E-state index contributed by atoms with van der Waals surface area (Å²) in [5.41, 5.74) is 1.46. The molecule has 15 rings (SSSR count). The number of aryl methyl sites for hydroxylation is 1. The van der Waals surface area contributed by atoms with Crippen molar-refractivity contribution in [1.82, 2.24) is 14.7 Å². The second-order valence-electron chi connectivity index (χ2n) is 30.5. The number of likely N-dealkylation sites (N-methyl/N-ethyl adjacent to an activating group) is 3. The number of hydrogen-bond donors (Lipinski definition) is 17. The summed E-state index contributed by atoms with van der Waals surface area (Å²) in [4.78, 5) is 123. The van der Waals surface area contributed by atoms with Crippen LogP contribution in [-0.2, 0) is 43.2 Å². The van der Waals surface area contributed by atoms with Crippen molar-refractivity contribution in [3.8, 4) is 17.2 Å². The summed E-state index contributed by atoms with van der Waals surface area (Å²) in [6.07, 6.45) is -5.08. The van der Waals surface area contributed by atoms with Crippen LogP contribution in [0.2, 0.25) is 0 Å². The monoisotopic (exact) mass is 1550 g/mol. The zero-order valence-electron chi connectivity index (χ0n) is 61.6. The van der Waals surface area contributed by atoms with Gasteiger partial charge in [0.15, 0.2) is 39.9 Å². The Labute approximate surface area is 642 Å². The van der Waals surface area contributed by atoms with Crippen LogP contribution in [0.4, 0.5) is 4.39 Å². The minimum absolute atomic E-state index is 0.0541. The molecule has 29 nitrogen and oxygen atoms in total. The van der Waals surface area contributed by atoms with E-state index in [9.17, 15) is 124 Å². The van der Waals surface area contributed by atoms with Gasteiger partial charge in [-0.25, -0.2) is 4.39 Å². The number of phenolic OH excluding ortho intramolecular Hbond substituents is 3. The lowest BCUT2D eigenvalue weighted by Crippen LogP contribution is -2.70. The first kappa shape index (κ1) is 79.3. The number of carbonyl (C=O) groups is 9. The van der Waals surface area contributed by atoms with E-state index in [0.717, 1.165) is 12.5 Å². The highest BCUT2D eigenvalue weighted by atomic mass is 19.1. The fourth-order valence-corrected chi connectivity index (χ4v) is 19.2. The van der Waals surface area contributed by atoms with Crippen LogP contribution in [0.15, 0.2) is 184 Å². The van der Waals surface area contributed by atoms with E-state index in [1.807, 2.05) is 19.1 Å². The molecule has 113 heavy (non-hydrogen) atoms. The summed E-state index contributed by atoms with van der Waals surface area (Å²) >= 11 is 0. The Morgan fingerprint density at radius 1 is 0.389 bits per heavy atom. The molecule has 9 aliphatic carbocycles. The second kappa shape index (κ2) is 28.1. The summed E-state index contributed by atoms with van der Waals surface area (Å²) in [5, 5.41) is 170. The van der Waals surface area contributed by atoms with Gasteiger partial charge in [0.2, 0.25) is 17.3 Å². The predicted octanol–water partition coefficient (Wildman–Crippen LogP) is 3.12. The van der Waals surface area contributed by atoms with Crippen molar-refractivity contribution in [2.24, 2.45) is 47.0 Å². The number of hydrogen-bond acceptors (Lipinski definition) is 27. The van der Waals surface area contributed by atoms with E-state index in [2.05, 4.69) is 0 Å². The minimum atomic E-state index is -2.95. The number of phenols is 3. The van der Waals surface area contributed by atoms with Gasteiger partial charge in [-0.3, -0.25) is 57.9 Å². The maximum Gasteiger partial charge on any atom is 0.255 e. The highest BCUT2D eigenvalue weighted by Crippen LogP contribution is 2.62. The van der Waals surface area contributed by atoms with E-state index in [4.69, 9.17) is 11.5 Å². The number of nitrogens with two attached hydrogens (primary N) is 2. The largest absolute Gasteiger partial charge is 0.508 e. The van der Waals surface area contributed by atoms with Crippen molar-refractivity contribution in [3.63, 3.8) is 0 Å². The lowest BCUT2D eigenvalue weighted by molar-refractivity contribution is -0.169. The van der Waals surface area contributed by atoms with Crippen LogP contribution in [0.5, 0.6) is 17.2 Å². The Kier molecular flexibility index (Phi) is 19.7. The van der Waals surface area contributed by atoms with E-state index in [1.54, 1.807) is 72.8 Å². The smallest absolute Gasteiger partial charge is 0.255 e. The van der Waals surface area contributed by atoms with Gasteiger partial charge in [0, 0.05) is 52.2 Å². The number of rotatable bonds is 9. The zero-order chi connectivity index (χ0) is 82.7. The Morgan fingerprint density at radius 2 is 0.664 bits per heavy atom. The standard InChI is InChI=1S/C28H26FNO8.C28H28N2O8.C27H26N2O8/c1-11(31)16-25(35)22(30(2)3)21-24(34)19-17(12-7-9-13(29)10-8-12)14-5-4-6-15(32)18(14)23(33)20(19)27(37)28(21,38)26(16)36;1-11-7-9-12(10-8-11)15-13-5-4-6-14(31)16(13)22(32)18-17(15)23(33)20-21(30(2)3)24(34)19(27(29)37)26(36)28(20,38)25(18)35;1-29(2)20-19-22(32)16-14(11-7-4-3-5-8-11)12-9-6-10-13(30)15(12)21(31)17(16)24(34)27(19,37)25(35)18(23(20)33)26(28)36/h4-10,17,19,21-22,24,32-34,36,38H,1-3H3;4-10,15,17,20-21,23,31-33,36,38H,1-3H3,(H2,29,37);3-10,14,16,19-20,22,30-32,35,37H,1-2H3,(H2,28,36)/t17-,19+,21+,22-,24-,28+;15-,17+,20+,21-,23-,28-;14-,16+,19+,20-,22-,27-/m000/s1. The summed E-state index contributed by atoms with van der Waals surface area (Å²) in [5.74, 6) is -28.3. The Balaban J connectivity index is 0.000000148. The molecule has 0 bridgehead atoms. The molecule has 0 aromatic heterocycles. The lowest BCUT2D eigenvalue weighted by atomic mass is 9.53. The molecule has 6 aromatic carbocycles. The van der Waals surface area contributed by atoms with Crippen molar-refractivity contribution in [1.29, 1.82) is 0 Å². The van der Waals surface area contributed by atoms with Crippen LogP contribution >= 0.6 is 0 Å². The van der Waals surface area contributed by atoms with Crippen LogP contribution in [0.3, 0.4) is 0 Å². The molecule has 588 valence electrons. The molecule has 2 amide bonds. The fraction of sp³-hybridized carbons (Fsp3) is 0.313. The molecule has 19 N–H and O–H groups in total. The van der Waals surface area contributed by atoms with Crippen molar-refractivity contribution in [2.45, 2.75) is 84.8 Å². The topological polar surface area (TPSA) is 519 Å². The molecule has 30 heteroatoms. The van der Waals surface area contributed by atoms with Gasteiger partial charge in [-0.15, -0.1) is 0 Å². The number of Topliss-reactive ketones (excluding diaryl/α,β-unsaturated/α-hetero) is 7. The van der Waals surface area contributed by atoms with Gasteiger partial charge < -0.3 is 88.1 Å². The lowest BCUT2D eigenvalue weighted by Gasteiger charge is -2.54. The third kappa shape index (κ3) is 11.3. The molecule has 3 saturated carbocycles. The van der Waals surface area contributed by atoms with Crippen molar-refractivity contribution < 1.29 is 124 Å². The van der Waals surface area contributed by atoms with Crippen LogP contribution in [0.25, 0.3) is 17.3 Å². The van der Waals surface area contributed by atoms with Gasteiger partial charge in [-0.2, -0.15) is 0 Å². The number of halogens is 1. The molecular weight excluding hydrogens is 1470 g/mol. The molecular formula is C83H80FN5O24. The van der Waals surface area contributed by atoms with E-state index in [-0.39, 0.29) is 33.9 Å². The maximum absolute atomic E-state index is 14.1. The predicted molar refractivity (Wildman–Crippen MR) is 397 cm³/mol. The van der Waals surface area contributed by atoms with Gasteiger partial charge in [-0.1, -0.05) is 109 Å². The van der Waals surface area contributed by atoms with Gasteiger partial charge in [0.05, 0.1) is 70.9 Å². The number of aliphatic hydroxyl groups excluding tert-OH is 9. The zero-order valence-corrected chi connectivity index (χ0v) is 61.6. The summed E-state index contributed by atoms with van der Waals surface area (Å²) in [6.45, 7) is 2.89. The number of fused-ring (bicyclic) bond motifs is 9. The number of benzene rings is 6. The summed E-state index contributed by atoms with van der Waals surface area (Å²) in [7, 11) is 8.80. The highest BCUT2D eigenvalue weighted by Gasteiger charge is 2.72. The van der Waals surface area contributed by atoms with Gasteiger partial charge in [0.1, 0.15) is 74.3 Å².